The first kappa shape index (κ1) is 26.8. The molecule has 2 aliphatic heterocycles. The maximum Gasteiger partial charge on any atom is 0.280 e. The van der Waals surface area contributed by atoms with Gasteiger partial charge in [-0.3, -0.25) is 19.5 Å². The van der Waals surface area contributed by atoms with Crippen molar-refractivity contribution in [1.29, 1.82) is 5.26 Å². The number of nitriles is 1. The third-order valence-electron chi connectivity index (χ3n) is 7.52. The highest BCUT2D eigenvalue weighted by atomic mass is 35.5. The number of imidazole rings is 1. The Morgan fingerprint density at radius 1 is 1.12 bits per heavy atom. The molecule has 0 saturated carbocycles. The topological polar surface area (TPSA) is 113 Å². The van der Waals surface area contributed by atoms with Crippen molar-refractivity contribution in [2.24, 2.45) is 0 Å². The Labute approximate surface area is 246 Å². The summed E-state index contributed by atoms with van der Waals surface area (Å²) in [6, 6.07) is 13.9. The summed E-state index contributed by atoms with van der Waals surface area (Å²) in [5.74, 6) is 0.00669. The fraction of sp³-hybridized carbons (Fsp3) is 0.233. The Hall–Kier alpha value is -4.39. The molecule has 2 aliphatic rings. The molecule has 0 saturated heterocycles. The third kappa shape index (κ3) is 3.75. The number of hydrogen-bond donors (Lipinski definition) is 1. The molecule has 1 unspecified atom stereocenters. The lowest BCUT2D eigenvalue weighted by Gasteiger charge is -2.36. The van der Waals surface area contributed by atoms with Crippen LogP contribution in [0.5, 0.6) is 5.75 Å². The van der Waals surface area contributed by atoms with Crippen molar-refractivity contribution in [3.63, 3.8) is 0 Å². The Morgan fingerprint density at radius 3 is 2.56 bits per heavy atom. The number of halogens is 2. The van der Waals surface area contributed by atoms with Crippen LogP contribution < -0.4 is 15.0 Å². The molecule has 1 spiro atoms. The summed E-state index contributed by atoms with van der Waals surface area (Å²) < 4.78 is 7.56. The zero-order valence-corrected chi connectivity index (χ0v) is 24.1. The van der Waals surface area contributed by atoms with Crippen molar-refractivity contribution in [3.05, 3.63) is 86.9 Å². The molecule has 9 nitrogen and oxygen atoms in total. The number of methoxy groups -OCH3 is 1. The van der Waals surface area contributed by atoms with Crippen LogP contribution in [0.1, 0.15) is 52.9 Å². The van der Waals surface area contributed by atoms with Gasteiger partial charge < -0.3 is 14.6 Å². The number of aromatic nitrogens is 3. The van der Waals surface area contributed by atoms with E-state index < -0.39 is 17.4 Å². The first-order valence-corrected chi connectivity index (χ1v) is 13.6. The van der Waals surface area contributed by atoms with Gasteiger partial charge in [-0.05, 0) is 50.6 Å². The minimum atomic E-state index is -1.60. The van der Waals surface area contributed by atoms with Gasteiger partial charge in [0.05, 0.1) is 42.2 Å². The van der Waals surface area contributed by atoms with Crippen molar-refractivity contribution in [3.8, 4) is 23.2 Å². The smallest absolute Gasteiger partial charge is 0.280 e. The van der Waals surface area contributed by atoms with Crippen LogP contribution in [-0.4, -0.2) is 33.5 Å². The molecular weight excluding hydrogens is 563 g/mol. The molecule has 2 amide bonds. The Morgan fingerprint density at radius 2 is 1.85 bits per heavy atom. The number of ether oxygens (including phenoxy) is 1. The normalized spacial score (nSPS) is 17.2. The van der Waals surface area contributed by atoms with Gasteiger partial charge in [0.15, 0.2) is 11.2 Å². The van der Waals surface area contributed by atoms with E-state index in [1.54, 1.807) is 42.6 Å². The second-order valence-electron chi connectivity index (χ2n) is 10.2. The summed E-state index contributed by atoms with van der Waals surface area (Å²) in [6.07, 6.45) is 1.70. The van der Waals surface area contributed by atoms with E-state index in [9.17, 15) is 9.59 Å². The summed E-state index contributed by atoms with van der Waals surface area (Å²) >= 11 is 12.7. The molecule has 6 rings (SSSR count). The average molecular weight is 587 g/mol. The number of fused-ring (bicyclic) bond motifs is 4. The Balaban J connectivity index is 1.71. The number of hydrogen-bond acceptors (Lipinski definition) is 6. The first-order chi connectivity index (χ1) is 19.6. The molecule has 4 heterocycles. The molecule has 206 valence electrons. The number of nitrogens with one attached hydrogen (secondary N) is 1. The van der Waals surface area contributed by atoms with Crippen molar-refractivity contribution in [1.82, 2.24) is 14.5 Å². The van der Waals surface area contributed by atoms with E-state index in [1.165, 1.54) is 12.0 Å². The molecule has 1 N–H and O–H groups in total. The number of nitrogens with zero attached hydrogens (tertiary/aromatic N) is 5. The number of rotatable bonds is 5. The number of carbonyl (C=O) groups is 2. The van der Waals surface area contributed by atoms with Gasteiger partial charge in [0.25, 0.3) is 11.8 Å². The van der Waals surface area contributed by atoms with Gasteiger partial charge in [-0.1, -0.05) is 35.3 Å². The molecule has 0 fully saturated rings. The van der Waals surface area contributed by atoms with Crippen LogP contribution >= 0.6 is 23.2 Å². The summed E-state index contributed by atoms with van der Waals surface area (Å²) in [7, 11) is 1.52. The first-order valence-electron chi connectivity index (χ1n) is 12.9. The molecule has 4 aromatic rings. The predicted molar refractivity (Wildman–Crippen MR) is 156 cm³/mol. The summed E-state index contributed by atoms with van der Waals surface area (Å²) in [5, 5.41) is 13.0. The van der Waals surface area contributed by atoms with Crippen LogP contribution in [0.25, 0.3) is 11.4 Å². The largest absolute Gasteiger partial charge is 0.496 e. The lowest BCUT2D eigenvalue weighted by Crippen LogP contribution is -2.51. The zero-order valence-electron chi connectivity index (χ0n) is 22.6. The van der Waals surface area contributed by atoms with Gasteiger partial charge in [0.1, 0.15) is 11.6 Å². The second kappa shape index (κ2) is 9.61. The lowest BCUT2D eigenvalue weighted by atomic mass is 9.86. The van der Waals surface area contributed by atoms with Crippen LogP contribution in [0.4, 0.5) is 11.4 Å². The van der Waals surface area contributed by atoms with E-state index >= 15 is 0 Å². The van der Waals surface area contributed by atoms with E-state index in [0.717, 1.165) is 5.56 Å². The number of benzene rings is 2. The van der Waals surface area contributed by atoms with Gasteiger partial charge in [-0.15, -0.1) is 0 Å². The maximum absolute atomic E-state index is 14.5. The molecule has 2 aromatic heterocycles. The molecule has 0 aliphatic carbocycles. The van der Waals surface area contributed by atoms with Gasteiger partial charge in [0.2, 0.25) is 0 Å². The fourth-order valence-electron chi connectivity index (χ4n) is 5.82. The molecule has 0 radical (unpaired) electrons. The highest BCUT2D eigenvalue weighted by molar-refractivity contribution is 6.32. The van der Waals surface area contributed by atoms with E-state index in [2.05, 4.69) is 16.4 Å². The van der Waals surface area contributed by atoms with Crippen molar-refractivity contribution in [2.45, 2.75) is 38.8 Å². The summed E-state index contributed by atoms with van der Waals surface area (Å²) in [4.78, 5) is 39.6. The summed E-state index contributed by atoms with van der Waals surface area (Å²) in [6.45, 7) is 5.77. The van der Waals surface area contributed by atoms with Gasteiger partial charge >= 0.3 is 0 Å². The van der Waals surface area contributed by atoms with Crippen molar-refractivity contribution in [2.75, 3.05) is 17.3 Å². The number of aryl methyl sites for hydroxylation is 1. The second-order valence-corrected chi connectivity index (χ2v) is 11.1. The van der Waals surface area contributed by atoms with E-state index in [4.69, 9.17) is 38.2 Å². The van der Waals surface area contributed by atoms with Gasteiger partial charge in [0, 0.05) is 39.6 Å². The lowest BCUT2D eigenvalue weighted by molar-refractivity contribution is -0.119. The van der Waals surface area contributed by atoms with Crippen LogP contribution in [0.15, 0.2) is 48.7 Å². The van der Waals surface area contributed by atoms with E-state index in [-0.39, 0.29) is 18.2 Å². The maximum atomic E-state index is 14.5. The van der Waals surface area contributed by atoms with E-state index in [1.807, 2.05) is 31.4 Å². The van der Waals surface area contributed by atoms with Crippen LogP contribution in [0.2, 0.25) is 10.0 Å². The minimum absolute atomic E-state index is 0.112. The standard InChI is InChI=1S/C30H24Cl2N6O3/c1-15(2)37-26-25(36-27(37)20-14-34-19(9-10-33)13-24(20)41-4)28(39)38(23-12-18(32)6-5-16(23)3)30(26)21-8-7-17(31)11-22(21)35-29(30)40/h5-8,11-15H,9H2,1-4H3,(H,35,40). The number of carbonyl (C=O) groups excluding carboxylic acids is 2. The summed E-state index contributed by atoms with van der Waals surface area (Å²) in [5.41, 5.74) is 2.36. The molecule has 1 atom stereocenters. The highest BCUT2D eigenvalue weighted by Gasteiger charge is 2.64. The molecule has 41 heavy (non-hydrogen) atoms. The van der Waals surface area contributed by atoms with Crippen molar-refractivity contribution < 1.29 is 14.3 Å². The van der Waals surface area contributed by atoms with E-state index in [0.29, 0.717) is 55.5 Å². The predicted octanol–water partition coefficient (Wildman–Crippen LogP) is 6.07. The average Bonchev–Trinajstić information content (AvgIpc) is 3.54. The zero-order chi connectivity index (χ0) is 29.2. The van der Waals surface area contributed by atoms with Crippen LogP contribution in [0.3, 0.4) is 0 Å². The Bertz CT molecular complexity index is 1830. The number of amides is 2. The third-order valence-corrected chi connectivity index (χ3v) is 7.99. The van der Waals surface area contributed by atoms with Crippen LogP contribution in [-0.2, 0) is 16.8 Å². The molecule has 0 bridgehead atoms. The van der Waals surface area contributed by atoms with Gasteiger partial charge in [-0.2, -0.15) is 5.26 Å². The van der Waals surface area contributed by atoms with Crippen molar-refractivity contribution >= 4 is 46.4 Å². The molecule has 2 aromatic carbocycles. The SMILES string of the molecule is COc1cc(CC#N)ncc1-c1nc2c(n1C(C)C)C1(C(=O)Nc3cc(Cl)ccc31)N(c1cc(Cl)ccc1C)C2=O. The monoisotopic (exact) mass is 586 g/mol. The highest BCUT2D eigenvalue weighted by Crippen LogP contribution is 2.55. The molecule has 11 heteroatoms. The quantitative estimate of drug-likeness (QED) is 0.303. The molecular formula is C30H24Cl2N6O3. The van der Waals surface area contributed by atoms with Crippen LogP contribution in [0, 0.1) is 18.3 Å². The number of pyridine rings is 1. The minimum Gasteiger partial charge on any atom is -0.496 e. The Kier molecular flexibility index (Phi) is 6.29. The number of anilines is 2. The van der Waals surface area contributed by atoms with Gasteiger partial charge in [-0.25, -0.2) is 4.98 Å². The fourth-order valence-corrected chi connectivity index (χ4v) is 6.16.